The van der Waals surface area contributed by atoms with E-state index in [1.165, 1.54) is 0 Å². The number of hydrogen-bond acceptors (Lipinski definition) is 2. The van der Waals surface area contributed by atoms with Crippen molar-refractivity contribution in [3.05, 3.63) is 29.8 Å². The Balaban J connectivity index is 1.90. The van der Waals surface area contributed by atoms with Crippen LogP contribution in [0.5, 0.6) is 5.75 Å². The second-order valence-electron chi connectivity index (χ2n) is 5.49. The second kappa shape index (κ2) is 5.77. The fourth-order valence-electron chi connectivity index (χ4n) is 2.55. The number of hydrogen-bond donors (Lipinski definition) is 1. The Bertz CT molecular complexity index is 463. The highest BCUT2D eigenvalue weighted by Gasteiger charge is 2.38. The average Bonchev–Trinajstić information content (AvgIpc) is 2.40. The normalized spacial score (nSPS) is 18.8. The van der Waals surface area contributed by atoms with Crippen molar-refractivity contribution in [2.24, 2.45) is 5.92 Å². The first-order chi connectivity index (χ1) is 9.37. The van der Waals surface area contributed by atoms with Gasteiger partial charge in [-0.05, 0) is 30.5 Å². The molecule has 1 saturated carbocycles. The van der Waals surface area contributed by atoms with Crippen LogP contribution in [0.25, 0.3) is 0 Å². The summed E-state index contributed by atoms with van der Waals surface area (Å²) in [7, 11) is 1.68. The lowest BCUT2D eigenvalue weighted by Gasteiger charge is -2.30. The van der Waals surface area contributed by atoms with E-state index < -0.39 is 5.92 Å². The zero-order chi connectivity index (χ0) is 14.8. The lowest BCUT2D eigenvalue weighted by atomic mass is 9.86. The van der Waals surface area contributed by atoms with Gasteiger partial charge >= 0.3 is 0 Å². The Hall–Kier alpha value is -1.65. The molecule has 1 N–H and O–H groups in total. The SMILES string of the molecule is CN(Cc1ccc(O)cc1)C(=O)C1CCC(F)(F)CC1. The average molecular weight is 283 g/mol. The van der Waals surface area contributed by atoms with E-state index in [9.17, 15) is 18.7 Å². The Labute approximate surface area is 117 Å². The molecule has 1 amide bonds. The Morgan fingerprint density at radius 2 is 1.85 bits per heavy atom. The Morgan fingerprint density at radius 3 is 2.40 bits per heavy atom. The van der Waals surface area contributed by atoms with Crippen molar-refractivity contribution < 1.29 is 18.7 Å². The molecule has 1 aliphatic carbocycles. The van der Waals surface area contributed by atoms with Gasteiger partial charge in [0, 0.05) is 32.4 Å². The van der Waals surface area contributed by atoms with Crippen LogP contribution in [0.15, 0.2) is 24.3 Å². The number of aromatic hydroxyl groups is 1. The van der Waals surface area contributed by atoms with Crippen molar-refractivity contribution in [1.82, 2.24) is 4.90 Å². The van der Waals surface area contributed by atoms with Gasteiger partial charge in [0.2, 0.25) is 11.8 Å². The summed E-state index contributed by atoms with van der Waals surface area (Å²) in [6.45, 7) is 0.423. The van der Waals surface area contributed by atoms with Crippen molar-refractivity contribution in [2.75, 3.05) is 7.05 Å². The molecule has 1 aromatic carbocycles. The number of carbonyl (C=O) groups is 1. The molecule has 0 aliphatic heterocycles. The van der Waals surface area contributed by atoms with Gasteiger partial charge in [0.05, 0.1) is 0 Å². The van der Waals surface area contributed by atoms with Gasteiger partial charge in [-0.1, -0.05) is 12.1 Å². The molecule has 3 nitrogen and oxygen atoms in total. The number of phenolic OH excluding ortho intramolecular Hbond substituents is 1. The minimum absolute atomic E-state index is 0.0754. The molecule has 0 unspecified atom stereocenters. The number of carbonyl (C=O) groups excluding carboxylic acids is 1. The van der Waals surface area contributed by atoms with Crippen LogP contribution in [0.2, 0.25) is 0 Å². The smallest absolute Gasteiger partial charge is 0.248 e. The minimum atomic E-state index is -2.60. The summed E-state index contributed by atoms with van der Waals surface area (Å²) in [5.74, 6) is -2.80. The van der Waals surface area contributed by atoms with Crippen molar-refractivity contribution in [1.29, 1.82) is 0 Å². The molecule has 1 fully saturated rings. The van der Waals surface area contributed by atoms with Crippen LogP contribution in [0.3, 0.4) is 0 Å². The highest BCUT2D eigenvalue weighted by Crippen LogP contribution is 2.36. The summed E-state index contributed by atoms with van der Waals surface area (Å²) in [6.07, 6.45) is 0.115. The third-order valence-corrected chi connectivity index (χ3v) is 3.80. The maximum atomic E-state index is 13.1. The monoisotopic (exact) mass is 283 g/mol. The van der Waals surface area contributed by atoms with Gasteiger partial charge in [-0.3, -0.25) is 4.79 Å². The lowest BCUT2D eigenvalue weighted by Crippen LogP contribution is -2.36. The Kier molecular flexibility index (Phi) is 4.26. The van der Waals surface area contributed by atoms with Crippen LogP contribution >= 0.6 is 0 Å². The molecule has 20 heavy (non-hydrogen) atoms. The van der Waals surface area contributed by atoms with Crippen LogP contribution in [-0.4, -0.2) is 28.9 Å². The maximum Gasteiger partial charge on any atom is 0.248 e. The molecule has 0 aromatic heterocycles. The number of alkyl halides is 2. The van der Waals surface area contributed by atoms with Crippen molar-refractivity contribution in [3.63, 3.8) is 0 Å². The van der Waals surface area contributed by atoms with E-state index in [1.807, 2.05) is 0 Å². The summed E-state index contributed by atoms with van der Waals surface area (Å²) >= 11 is 0. The highest BCUT2D eigenvalue weighted by atomic mass is 19.3. The number of amides is 1. The van der Waals surface area contributed by atoms with Gasteiger partial charge in [0.25, 0.3) is 0 Å². The number of halogens is 2. The van der Waals surface area contributed by atoms with Gasteiger partial charge in [-0.15, -0.1) is 0 Å². The van der Waals surface area contributed by atoms with Gasteiger partial charge < -0.3 is 10.0 Å². The van der Waals surface area contributed by atoms with Crippen LogP contribution in [0, 0.1) is 5.92 Å². The number of benzene rings is 1. The Morgan fingerprint density at radius 1 is 1.30 bits per heavy atom. The summed E-state index contributed by atoms with van der Waals surface area (Å²) in [6, 6.07) is 6.62. The number of rotatable bonds is 3. The van der Waals surface area contributed by atoms with Gasteiger partial charge in [0.1, 0.15) is 5.75 Å². The van der Waals surface area contributed by atoms with Crippen LogP contribution in [0.1, 0.15) is 31.2 Å². The third kappa shape index (κ3) is 3.68. The molecule has 110 valence electrons. The fourth-order valence-corrected chi connectivity index (χ4v) is 2.55. The van der Waals surface area contributed by atoms with Crippen molar-refractivity contribution in [2.45, 2.75) is 38.2 Å². The first kappa shape index (κ1) is 14.8. The topological polar surface area (TPSA) is 40.5 Å². The van der Waals surface area contributed by atoms with Gasteiger partial charge in [-0.2, -0.15) is 0 Å². The summed E-state index contributed by atoms with van der Waals surface area (Å²) in [4.78, 5) is 13.8. The van der Waals surface area contributed by atoms with Crippen molar-refractivity contribution in [3.8, 4) is 5.75 Å². The first-order valence-electron chi connectivity index (χ1n) is 6.78. The van der Waals surface area contributed by atoms with Crippen LogP contribution in [-0.2, 0) is 11.3 Å². The number of nitrogens with zero attached hydrogens (tertiary/aromatic N) is 1. The first-order valence-corrected chi connectivity index (χ1v) is 6.78. The third-order valence-electron chi connectivity index (χ3n) is 3.80. The molecular weight excluding hydrogens is 264 g/mol. The summed E-state index contributed by atoms with van der Waals surface area (Å²) < 4.78 is 26.2. The van der Waals surface area contributed by atoms with Crippen molar-refractivity contribution >= 4 is 5.91 Å². The van der Waals surface area contributed by atoms with Gasteiger partial charge in [-0.25, -0.2) is 8.78 Å². The molecule has 0 saturated heterocycles. The highest BCUT2D eigenvalue weighted by molar-refractivity contribution is 5.78. The van der Waals surface area contributed by atoms with E-state index in [0.29, 0.717) is 6.54 Å². The molecule has 0 heterocycles. The molecule has 0 atom stereocenters. The zero-order valence-corrected chi connectivity index (χ0v) is 11.5. The van der Waals surface area contributed by atoms with E-state index in [1.54, 1.807) is 36.2 Å². The lowest BCUT2D eigenvalue weighted by molar-refractivity contribution is -0.138. The largest absolute Gasteiger partial charge is 0.508 e. The second-order valence-corrected chi connectivity index (χ2v) is 5.49. The van der Waals surface area contributed by atoms with E-state index in [2.05, 4.69) is 0 Å². The molecule has 1 aliphatic rings. The maximum absolute atomic E-state index is 13.1. The van der Waals surface area contributed by atoms with E-state index >= 15 is 0 Å². The molecule has 0 radical (unpaired) electrons. The van der Waals surface area contributed by atoms with E-state index in [0.717, 1.165) is 5.56 Å². The molecule has 0 bridgehead atoms. The predicted molar refractivity (Wildman–Crippen MR) is 71.5 cm³/mol. The van der Waals surface area contributed by atoms with Crippen LogP contribution < -0.4 is 0 Å². The van der Waals surface area contributed by atoms with Gasteiger partial charge in [0.15, 0.2) is 0 Å². The molecule has 2 rings (SSSR count). The number of phenols is 1. The summed E-state index contributed by atoms with van der Waals surface area (Å²) in [5, 5.41) is 9.20. The fraction of sp³-hybridized carbons (Fsp3) is 0.533. The predicted octanol–water partition coefficient (Wildman–Crippen LogP) is 3.18. The summed E-state index contributed by atoms with van der Waals surface area (Å²) in [5.41, 5.74) is 0.903. The van der Waals surface area contributed by atoms with E-state index in [-0.39, 0.29) is 43.3 Å². The van der Waals surface area contributed by atoms with E-state index in [4.69, 9.17) is 0 Å². The minimum Gasteiger partial charge on any atom is -0.508 e. The standard InChI is InChI=1S/C15H19F2NO2/c1-18(10-11-2-4-13(19)5-3-11)14(20)12-6-8-15(16,17)9-7-12/h2-5,12,19H,6-10H2,1H3. The molecule has 1 aromatic rings. The molecule has 5 heteroatoms. The quantitative estimate of drug-likeness (QED) is 0.925. The molecular formula is C15H19F2NO2. The zero-order valence-electron chi connectivity index (χ0n) is 11.5. The molecule has 0 spiro atoms. The van der Waals surface area contributed by atoms with Crippen LogP contribution in [0.4, 0.5) is 8.78 Å².